The van der Waals surface area contributed by atoms with Gasteiger partial charge in [-0.15, -0.1) is 0 Å². The maximum Gasteiger partial charge on any atom is 0.324 e. The zero-order valence-corrected chi connectivity index (χ0v) is 11.7. The highest BCUT2D eigenvalue weighted by atomic mass is 16.7. The van der Waals surface area contributed by atoms with Crippen LogP contribution >= 0.6 is 0 Å². The number of benzene rings is 1. The highest BCUT2D eigenvalue weighted by molar-refractivity contribution is 5.99. The van der Waals surface area contributed by atoms with E-state index in [0.29, 0.717) is 23.0 Å². The Labute approximate surface area is 126 Å². The van der Waals surface area contributed by atoms with Crippen LogP contribution in [0, 0.1) is 0 Å². The van der Waals surface area contributed by atoms with E-state index < -0.39 is 0 Å². The molecule has 2 aliphatic rings. The Kier molecular flexibility index (Phi) is 3.08. The Morgan fingerprint density at radius 1 is 1.23 bits per heavy atom. The minimum atomic E-state index is -0.341. The fraction of sp³-hybridized carbons (Fsp3) is 0.286. The molecule has 0 spiro atoms. The summed E-state index contributed by atoms with van der Waals surface area (Å²) in [6.07, 6.45) is 0.839. The van der Waals surface area contributed by atoms with Gasteiger partial charge in [-0.25, -0.2) is 4.79 Å². The number of rotatable bonds is 2. The number of anilines is 2. The van der Waals surface area contributed by atoms with Crippen LogP contribution in [0.4, 0.5) is 16.3 Å². The van der Waals surface area contributed by atoms with E-state index in [1.54, 1.807) is 18.2 Å². The summed E-state index contributed by atoms with van der Waals surface area (Å²) in [4.78, 5) is 12.1. The molecule has 2 aliphatic heterocycles. The molecule has 8 nitrogen and oxygen atoms in total. The minimum absolute atomic E-state index is 0.207. The standard InChI is InChI=1S/C14H15N5O3/c20-14(16-8-1-2-11-12(5-8)22-7-21-11)17-13-9-3-4-15-6-10(9)18-19-13/h1-2,5,15H,3-4,6-7H2,(H3,16,17,18,19,20). The number of nitrogens with zero attached hydrogens (tertiary/aromatic N) is 1. The zero-order chi connectivity index (χ0) is 14.9. The van der Waals surface area contributed by atoms with Crippen molar-refractivity contribution in [3.8, 4) is 11.5 Å². The van der Waals surface area contributed by atoms with Crippen molar-refractivity contribution in [3.63, 3.8) is 0 Å². The van der Waals surface area contributed by atoms with Gasteiger partial charge in [-0.2, -0.15) is 5.10 Å². The lowest BCUT2D eigenvalue weighted by Gasteiger charge is -2.13. The van der Waals surface area contributed by atoms with E-state index in [-0.39, 0.29) is 12.8 Å². The third-order valence-electron chi connectivity index (χ3n) is 3.67. The number of H-pyrrole nitrogens is 1. The number of aromatic amines is 1. The summed E-state index contributed by atoms with van der Waals surface area (Å²) in [5.74, 6) is 1.88. The minimum Gasteiger partial charge on any atom is -0.454 e. The van der Waals surface area contributed by atoms with Crippen LogP contribution in [-0.4, -0.2) is 29.6 Å². The first-order chi connectivity index (χ1) is 10.8. The third kappa shape index (κ3) is 2.33. The van der Waals surface area contributed by atoms with E-state index in [1.807, 2.05) is 0 Å². The van der Waals surface area contributed by atoms with Crippen LogP contribution < -0.4 is 25.4 Å². The summed E-state index contributed by atoms with van der Waals surface area (Å²) in [5, 5.41) is 15.9. The first kappa shape index (κ1) is 13.0. The highest BCUT2D eigenvalue weighted by Crippen LogP contribution is 2.34. The van der Waals surface area contributed by atoms with E-state index in [0.717, 1.165) is 30.8 Å². The molecule has 0 fully saturated rings. The van der Waals surface area contributed by atoms with E-state index in [9.17, 15) is 4.79 Å². The van der Waals surface area contributed by atoms with Gasteiger partial charge in [0.05, 0.1) is 5.69 Å². The second kappa shape index (κ2) is 5.23. The molecule has 114 valence electrons. The number of hydrogen-bond donors (Lipinski definition) is 4. The van der Waals surface area contributed by atoms with Gasteiger partial charge in [-0.05, 0) is 25.1 Å². The third-order valence-corrected chi connectivity index (χ3v) is 3.67. The van der Waals surface area contributed by atoms with Crippen LogP contribution in [0.3, 0.4) is 0 Å². The average molecular weight is 301 g/mol. The van der Waals surface area contributed by atoms with E-state index in [2.05, 4.69) is 26.1 Å². The molecule has 0 aliphatic carbocycles. The van der Waals surface area contributed by atoms with E-state index in [1.165, 1.54) is 0 Å². The van der Waals surface area contributed by atoms with Crippen LogP contribution in [0.1, 0.15) is 11.3 Å². The molecule has 4 rings (SSSR count). The topological polar surface area (TPSA) is 100 Å². The van der Waals surface area contributed by atoms with Gasteiger partial charge in [0.15, 0.2) is 17.3 Å². The van der Waals surface area contributed by atoms with Crippen LogP contribution in [0.15, 0.2) is 18.2 Å². The van der Waals surface area contributed by atoms with Crippen molar-refractivity contribution in [1.29, 1.82) is 0 Å². The molecule has 1 aromatic heterocycles. The number of nitrogens with one attached hydrogen (secondary N) is 4. The van der Waals surface area contributed by atoms with Gasteiger partial charge >= 0.3 is 6.03 Å². The summed E-state index contributed by atoms with van der Waals surface area (Å²) in [7, 11) is 0. The van der Waals surface area contributed by atoms with Crippen molar-refractivity contribution in [3.05, 3.63) is 29.5 Å². The van der Waals surface area contributed by atoms with Gasteiger partial charge in [-0.3, -0.25) is 10.4 Å². The van der Waals surface area contributed by atoms with Crippen LogP contribution in [0.2, 0.25) is 0 Å². The summed E-state index contributed by atoms with van der Waals surface area (Å²) in [6, 6.07) is 4.91. The molecule has 0 atom stereocenters. The number of carbonyl (C=O) groups excluding carboxylic acids is 1. The van der Waals surface area contributed by atoms with Crippen LogP contribution in [-0.2, 0) is 13.0 Å². The largest absolute Gasteiger partial charge is 0.454 e. The molecular weight excluding hydrogens is 286 g/mol. The molecule has 0 saturated carbocycles. The fourth-order valence-electron chi connectivity index (χ4n) is 2.59. The molecular formula is C14H15N5O3. The molecule has 2 aromatic rings. The van der Waals surface area contributed by atoms with E-state index >= 15 is 0 Å². The first-order valence-corrected chi connectivity index (χ1v) is 7.04. The molecule has 2 amide bonds. The van der Waals surface area contributed by atoms with Gasteiger partial charge in [0.1, 0.15) is 0 Å². The van der Waals surface area contributed by atoms with Crippen LogP contribution in [0.25, 0.3) is 0 Å². The van der Waals surface area contributed by atoms with Crippen molar-refractivity contribution in [2.24, 2.45) is 0 Å². The summed E-state index contributed by atoms with van der Waals surface area (Å²) in [6.45, 7) is 1.83. The second-order valence-electron chi connectivity index (χ2n) is 5.10. The molecule has 0 saturated heterocycles. The maximum absolute atomic E-state index is 12.1. The molecule has 1 aromatic carbocycles. The lowest BCUT2D eigenvalue weighted by molar-refractivity contribution is 0.174. The normalized spacial score (nSPS) is 15.3. The average Bonchev–Trinajstić information content (AvgIpc) is 3.14. The predicted octanol–water partition coefficient (Wildman–Crippen LogP) is 1.43. The number of amides is 2. The Balaban J connectivity index is 1.45. The monoisotopic (exact) mass is 301 g/mol. The molecule has 22 heavy (non-hydrogen) atoms. The molecule has 8 heteroatoms. The van der Waals surface area contributed by atoms with Crippen molar-refractivity contribution >= 4 is 17.5 Å². The molecule has 0 bridgehead atoms. The van der Waals surface area contributed by atoms with Gasteiger partial charge in [0.2, 0.25) is 6.79 Å². The molecule has 0 radical (unpaired) electrons. The lowest BCUT2D eigenvalue weighted by atomic mass is 10.1. The van der Waals surface area contributed by atoms with Crippen molar-refractivity contribution < 1.29 is 14.3 Å². The number of urea groups is 1. The zero-order valence-electron chi connectivity index (χ0n) is 11.7. The number of carbonyl (C=O) groups is 1. The van der Waals surface area contributed by atoms with Gasteiger partial charge in [0.25, 0.3) is 0 Å². The molecule has 3 heterocycles. The number of ether oxygens (including phenoxy) is 2. The summed E-state index contributed by atoms with van der Waals surface area (Å²) < 4.78 is 10.5. The van der Waals surface area contributed by atoms with Gasteiger partial charge in [0, 0.05) is 23.9 Å². The Hall–Kier alpha value is -2.74. The molecule has 4 N–H and O–H groups in total. The Bertz CT molecular complexity index is 727. The van der Waals surface area contributed by atoms with Crippen molar-refractivity contribution in [2.45, 2.75) is 13.0 Å². The SMILES string of the molecule is O=C(Nc1ccc2c(c1)OCO2)Nc1n[nH]c2c1CCNC2. The smallest absolute Gasteiger partial charge is 0.324 e. The Morgan fingerprint density at radius 3 is 3.09 bits per heavy atom. The predicted molar refractivity (Wildman–Crippen MR) is 79.2 cm³/mol. The van der Waals surface area contributed by atoms with Gasteiger partial charge in [-0.1, -0.05) is 0 Å². The summed E-state index contributed by atoms with van der Waals surface area (Å²) in [5.41, 5.74) is 2.71. The lowest BCUT2D eigenvalue weighted by Crippen LogP contribution is -2.25. The maximum atomic E-state index is 12.1. The Morgan fingerprint density at radius 2 is 2.14 bits per heavy atom. The van der Waals surface area contributed by atoms with Crippen molar-refractivity contribution in [2.75, 3.05) is 24.0 Å². The van der Waals surface area contributed by atoms with E-state index in [4.69, 9.17) is 9.47 Å². The van der Waals surface area contributed by atoms with Crippen LogP contribution in [0.5, 0.6) is 11.5 Å². The first-order valence-electron chi connectivity index (χ1n) is 7.04. The number of aromatic nitrogens is 2. The quantitative estimate of drug-likeness (QED) is 0.672. The fourth-order valence-corrected chi connectivity index (χ4v) is 2.59. The highest BCUT2D eigenvalue weighted by Gasteiger charge is 2.18. The number of hydrogen-bond acceptors (Lipinski definition) is 5. The number of fused-ring (bicyclic) bond motifs is 2. The second-order valence-corrected chi connectivity index (χ2v) is 5.10. The summed E-state index contributed by atoms with van der Waals surface area (Å²) >= 11 is 0. The van der Waals surface area contributed by atoms with Gasteiger partial charge < -0.3 is 20.1 Å². The van der Waals surface area contributed by atoms with Crippen molar-refractivity contribution in [1.82, 2.24) is 15.5 Å². The molecule has 0 unspecified atom stereocenters.